The smallest absolute Gasteiger partial charge is 0.389 e. The van der Waals surface area contributed by atoms with E-state index in [1.165, 1.54) is 6.07 Å². The molecule has 1 aromatic rings. The van der Waals surface area contributed by atoms with Crippen LogP contribution in [-0.4, -0.2) is 27.5 Å². The number of alkyl halides is 3. The van der Waals surface area contributed by atoms with Crippen molar-refractivity contribution in [2.24, 2.45) is 5.73 Å². The number of nitrogens with two attached hydrogens (primary N) is 1. The molecule has 2 rings (SSSR count). The van der Waals surface area contributed by atoms with Crippen LogP contribution in [0.25, 0.3) is 0 Å². The Bertz CT molecular complexity index is 527. The van der Waals surface area contributed by atoms with Crippen LogP contribution in [0.2, 0.25) is 0 Å². The molecule has 0 spiro atoms. The van der Waals surface area contributed by atoms with Crippen LogP contribution in [0.5, 0.6) is 0 Å². The van der Waals surface area contributed by atoms with E-state index in [9.17, 15) is 13.2 Å². The molecule has 1 aliphatic rings. The van der Waals surface area contributed by atoms with E-state index in [1.54, 1.807) is 11.8 Å². The van der Waals surface area contributed by atoms with Crippen molar-refractivity contribution in [1.82, 2.24) is 4.98 Å². The number of nitrogens with one attached hydrogen (secondary N) is 1. The molecule has 110 valence electrons. The predicted molar refractivity (Wildman–Crippen MR) is 79.1 cm³/mol. The Hall–Kier alpha value is -1.02. The molecule has 8 heteroatoms. The van der Waals surface area contributed by atoms with Gasteiger partial charge in [-0.3, -0.25) is 0 Å². The van der Waals surface area contributed by atoms with Crippen molar-refractivity contribution in [2.45, 2.75) is 23.8 Å². The Morgan fingerprint density at radius 3 is 2.60 bits per heavy atom. The minimum absolute atomic E-state index is 0.0303. The summed E-state index contributed by atoms with van der Waals surface area (Å²) < 4.78 is 38.2. The van der Waals surface area contributed by atoms with Crippen LogP contribution in [0, 0.1) is 0 Å². The number of pyridine rings is 1. The number of anilines is 1. The van der Waals surface area contributed by atoms with E-state index in [-0.39, 0.29) is 15.6 Å². The monoisotopic (exact) mass is 321 g/mol. The van der Waals surface area contributed by atoms with Crippen LogP contribution in [0.3, 0.4) is 0 Å². The van der Waals surface area contributed by atoms with Gasteiger partial charge in [0.15, 0.2) is 0 Å². The fourth-order valence-electron chi connectivity index (χ4n) is 1.79. The lowest BCUT2D eigenvalue weighted by Crippen LogP contribution is -2.22. The molecular formula is C12H14F3N3S2. The van der Waals surface area contributed by atoms with Crippen LogP contribution in [0.1, 0.15) is 24.1 Å². The number of aromatic nitrogens is 1. The summed E-state index contributed by atoms with van der Waals surface area (Å²) in [6.07, 6.45) is -0.407. The largest absolute Gasteiger partial charge is 0.433 e. The molecule has 0 aliphatic heterocycles. The Balaban J connectivity index is 2.25. The van der Waals surface area contributed by atoms with Gasteiger partial charge in [0, 0.05) is 11.3 Å². The molecule has 1 fully saturated rings. The number of halogens is 3. The molecule has 1 aliphatic carbocycles. The van der Waals surface area contributed by atoms with Gasteiger partial charge in [0.1, 0.15) is 16.5 Å². The van der Waals surface area contributed by atoms with Crippen molar-refractivity contribution >= 4 is 34.8 Å². The van der Waals surface area contributed by atoms with Crippen LogP contribution in [-0.2, 0) is 6.18 Å². The van der Waals surface area contributed by atoms with Gasteiger partial charge >= 0.3 is 6.18 Å². The highest BCUT2D eigenvalue weighted by atomic mass is 32.2. The van der Waals surface area contributed by atoms with Crippen molar-refractivity contribution in [1.29, 1.82) is 0 Å². The zero-order valence-electron chi connectivity index (χ0n) is 10.8. The third-order valence-corrected chi connectivity index (χ3v) is 4.91. The highest BCUT2D eigenvalue weighted by Gasteiger charge is 2.42. The molecule has 0 unspecified atom stereocenters. The molecule has 20 heavy (non-hydrogen) atoms. The Morgan fingerprint density at radius 1 is 1.50 bits per heavy atom. The molecule has 0 bridgehead atoms. The van der Waals surface area contributed by atoms with Gasteiger partial charge < -0.3 is 11.1 Å². The molecule has 1 saturated carbocycles. The molecule has 0 aromatic carbocycles. The number of nitrogens with zero attached hydrogens (tertiary/aromatic N) is 1. The van der Waals surface area contributed by atoms with Crippen molar-refractivity contribution in [3.63, 3.8) is 0 Å². The second-order valence-corrected chi connectivity index (χ2v) is 6.41. The zero-order chi connectivity index (χ0) is 15.0. The highest BCUT2D eigenvalue weighted by molar-refractivity contribution is 8.00. The first-order valence-electron chi connectivity index (χ1n) is 5.94. The van der Waals surface area contributed by atoms with Crippen molar-refractivity contribution < 1.29 is 13.2 Å². The van der Waals surface area contributed by atoms with Crippen LogP contribution < -0.4 is 11.1 Å². The van der Waals surface area contributed by atoms with Gasteiger partial charge in [0.2, 0.25) is 0 Å². The van der Waals surface area contributed by atoms with Crippen LogP contribution in [0.15, 0.2) is 12.1 Å². The van der Waals surface area contributed by atoms with E-state index in [4.69, 9.17) is 18.0 Å². The maximum atomic E-state index is 12.7. The minimum Gasteiger partial charge on any atom is -0.389 e. The molecule has 0 saturated heterocycles. The summed E-state index contributed by atoms with van der Waals surface area (Å²) in [5, 5.41) is 2.96. The van der Waals surface area contributed by atoms with E-state index in [0.29, 0.717) is 12.1 Å². The van der Waals surface area contributed by atoms with Gasteiger partial charge in [-0.15, -0.1) is 0 Å². The maximum absolute atomic E-state index is 12.7. The van der Waals surface area contributed by atoms with Gasteiger partial charge in [-0.25, -0.2) is 4.98 Å². The fourth-order valence-corrected chi connectivity index (χ4v) is 2.68. The van der Waals surface area contributed by atoms with Gasteiger partial charge in [0.25, 0.3) is 0 Å². The Kier molecular flexibility index (Phi) is 4.15. The molecule has 0 amide bonds. The molecule has 1 heterocycles. The molecule has 0 radical (unpaired) electrons. The second kappa shape index (κ2) is 5.40. The molecule has 1 aromatic heterocycles. The first-order chi connectivity index (χ1) is 9.27. The molecule has 3 nitrogen and oxygen atoms in total. The van der Waals surface area contributed by atoms with Crippen molar-refractivity contribution in [3.8, 4) is 0 Å². The third-order valence-electron chi connectivity index (χ3n) is 3.27. The van der Waals surface area contributed by atoms with Crippen LogP contribution >= 0.6 is 24.0 Å². The number of thioether (sulfide) groups is 1. The summed E-state index contributed by atoms with van der Waals surface area (Å²) in [6, 6.07) is 2.15. The number of thiocarbonyl (C=S) groups is 1. The summed E-state index contributed by atoms with van der Waals surface area (Å²) >= 11 is 6.55. The lowest BCUT2D eigenvalue weighted by atomic mass is 10.2. The summed E-state index contributed by atoms with van der Waals surface area (Å²) in [5.41, 5.74) is 4.91. The lowest BCUT2D eigenvalue weighted by molar-refractivity contribution is -0.141. The quantitative estimate of drug-likeness (QED) is 0.817. The van der Waals surface area contributed by atoms with Gasteiger partial charge in [-0.1, -0.05) is 12.2 Å². The minimum atomic E-state index is -4.48. The van der Waals surface area contributed by atoms with Gasteiger partial charge in [-0.05, 0) is 31.2 Å². The molecular weight excluding hydrogens is 307 g/mol. The topological polar surface area (TPSA) is 50.9 Å². The Labute approximate surface area is 124 Å². The van der Waals surface area contributed by atoms with E-state index >= 15 is 0 Å². The summed E-state index contributed by atoms with van der Waals surface area (Å²) in [7, 11) is 0. The average Bonchev–Trinajstić information content (AvgIpc) is 3.15. The number of rotatable bonds is 5. The molecule has 0 atom stereocenters. The first kappa shape index (κ1) is 15.4. The lowest BCUT2D eigenvalue weighted by Gasteiger charge is -2.17. The summed E-state index contributed by atoms with van der Waals surface area (Å²) in [5.74, 6) is 0.104. The van der Waals surface area contributed by atoms with Gasteiger partial charge in [0.05, 0.1) is 5.56 Å². The highest BCUT2D eigenvalue weighted by Crippen LogP contribution is 2.47. The summed E-state index contributed by atoms with van der Waals surface area (Å²) in [6.45, 7) is 0.554. The van der Waals surface area contributed by atoms with E-state index < -0.39 is 11.9 Å². The first-order valence-corrected chi connectivity index (χ1v) is 7.58. The van der Waals surface area contributed by atoms with Crippen molar-refractivity contribution in [2.75, 3.05) is 18.1 Å². The third kappa shape index (κ3) is 3.35. The maximum Gasteiger partial charge on any atom is 0.433 e. The number of hydrogen-bond donors (Lipinski definition) is 2. The van der Waals surface area contributed by atoms with Gasteiger partial charge in [-0.2, -0.15) is 24.9 Å². The normalized spacial score (nSPS) is 16.8. The Morgan fingerprint density at radius 2 is 2.15 bits per heavy atom. The van der Waals surface area contributed by atoms with E-state index in [2.05, 4.69) is 10.3 Å². The van der Waals surface area contributed by atoms with Crippen molar-refractivity contribution in [3.05, 3.63) is 23.4 Å². The number of hydrogen-bond acceptors (Lipinski definition) is 4. The van der Waals surface area contributed by atoms with E-state index in [0.717, 1.165) is 18.9 Å². The predicted octanol–water partition coefficient (Wildman–Crippen LogP) is 3.04. The van der Waals surface area contributed by atoms with E-state index in [1.807, 2.05) is 6.26 Å². The SMILES string of the molecule is CSC1(CNc2nc(C(F)(F)F)ccc2C(N)=S)CC1. The summed E-state index contributed by atoms with van der Waals surface area (Å²) in [4.78, 5) is 3.65. The second-order valence-electron chi connectivity index (χ2n) is 4.70. The van der Waals surface area contributed by atoms with Crippen LogP contribution in [0.4, 0.5) is 19.0 Å². The standard InChI is InChI=1S/C12H14F3N3S2/c1-20-11(4-5-11)6-17-10-7(9(16)19)2-3-8(18-10)12(13,14)15/h2-3H,4-6H2,1H3,(H2,16,19)(H,17,18). The molecule has 3 N–H and O–H groups in total. The fraction of sp³-hybridized carbons (Fsp3) is 0.500. The average molecular weight is 321 g/mol. The zero-order valence-corrected chi connectivity index (χ0v) is 12.4.